The number of carbonyl (C=O) groups is 2. The number of benzene rings is 3. The van der Waals surface area contributed by atoms with Crippen molar-refractivity contribution in [3.8, 4) is 0 Å². The van der Waals surface area contributed by atoms with Crippen molar-refractivity contribution in [3.63, 3.8) is 0 Å². The Morgan fingerprint density at radius 2 is 1.66 bits per heavy atom. The van der Waals surface area contributed by atoms with E-state index in [1.54, 1.807) is 36.0 Å². The van der Waals surface area contributed by atoms with E-state index < -0.39 is 11.7 Å². The first kappa shape index (κ1) is 20.6. The van der Waals surface area contributed by atoms with Crippen LogP contribution in [0, 0.1) is 12.7 Å². The molecule has 0 heterocycles. The van der Waals surface area contributed by atoms with Crippen molar-refractivity contribution in [1.82, 2.24) is 5.32 Å². The molecule has 0 radical (unpaired) electrons. The van der Waals surface area contributed by atoms with Crippen molar-refractivity contribution in [2.24, 2.45) is 0 Å². The highest BCUT2D eigenvalue weighted by Gasteiger charge is 2.14. The summed E-state index contributed by atoms with van der Waals surface area (Å²) in [5, 5.41) is 5.57. The van der Waals surface area contributed by atoms with Gasteiger partial charge in [-0.15, -0.1) is 11.8 Å². The van der Waals surface area contributed by atoms with E-state index in [1.807, 2.05) is 37.3 Å². The molecule has 0 aliphatic carbocycles. The van der Waals surface area contributed by atoms with Crippen LogP contribution in [0.4, 0.5) is 10.1 Å². The van der Waals surface area contributed by atoms with Gasteiger partial charge in [-0.05, 0) is 48.9 Å². The Kier molecular flexibility index (Phi) is 7.03. The molecule has 0 fully saturated rings. The van der Waals surface area contributed by atoms with Crippen LogP contribution in [0.3, 0.4) is 0 Å². The number of carbonyl (C=O) groups excluding carboxylic acids is 2. The predicted octanol–water partition coefficient (Wildman–Crippen LogP) is 4.91. The quantitative estimate of drug-likeness (QED) is 0.431. The van der Waals surface area contributed by atoms with E-state index in [-0.39, 0.29) is 11.5 Å². The minimum Gasteiger partial charge on any atom is -0.351 e. The lowest BCUT2D eigenvalue weighted by molar-refractivity contribution is 0.0954. The van der Waals surface area contributed by atoms with Crippen LogP contribution < -0.4 is 10.6 Å². The van der Waals surface area contributed by atoms with Crippen molar-refractivity contribution in [1.29, 1.82) is 0 Å². The molecule has 0 aliphatic heterocycles. The summed E-state index contributed by atoms with van der Waals surface area (Å²) in [5.74, 6) is -0.617. The van der Waals surface area contributed by atoms with E-state index in [9.17, 15) is 14.0 Å². The summed E-state index contributed by atoms with van der Waals surface area (Å²) >= 11 is 1.66. The first-order chi connectivity index (χ1) is 14.0. The van der Waals surface area contributed by atoms with Gasteiger partial charge in [-0.2, -0.15) is 0 Å². The van der Waals surface area contributed by atoms with E-state index in [2.05, 4.69) is 10.6 Å². The second-order valence-corrected chi connectivity index (χ2v) is 7.55. The average molecular weight is 408 g/mol. The second-order valence-electron chi connectivity index (χ2n) is 6.38. The van der Waals surface area contributed by atoms with Crippen LogP contribution in [0.1, 0.15) is 26.3 Å². The summed E-state index contributed by atoms with van der Waals surface area (Å²) in [5.41, 5.74) is 1.65. The van der Waals surface area contributed by atoms with E-state index in [1.165, 1.54) is 18.2 Å². The third-order valence-electron chi connectivity index (χ3n) is 4.27. The normalized spacial score (nSPS) is 10.4. The number of amides is 2. The van der Waals surface area contributed by atoms with Gasteiger partial charge < -0.3 is 10.6 Å². The lowest BCUT2D eigenvalue weighted by Gasteiger charge is -2.11. The first-order valence-electron chi connectivity index (χ1n) is 9.17. The lowest BCUT2D eigenvalue weighted by Crippen LogP contribution is -2.26. The number of aryl methyl sites for hydroxylation is 1. The maximum absolute atomic E-state index is 13.8. The zero-order valence-corrected chi connectivity index (χ0v) is 16.8. The van der Waals surface area contributed by atoms with Gasteiger partial charge in [-0.25, -0.2) is 4.39 Å². The van der Waals surface area contributed by atoms with Crippen LogP contribution in [0.5, 0.6) is 0 Å². The fraction of sp³-hybridized carbons (Fsp3) is 0.130. The van der Waals surface area contributed by atoms with Crippen LogP contribution in [-0.4, -0.2) is 24.1 Å². The summed E-state index contributed by atoms with van der Waals surface area (Å²) in [6.07, 6.45) is 0. The summed E-state index contributed by atoms with van der Waals surface area (Å²) < 4.78 is 13.8. The van der Waals surface area contributed by atoms with Crippen LogP contribution >= 0.6 is 11.8 Å². The molecule has 2 N–H and O–H groups in total. The third kappa shape index (κ3) is 5.68. The third-order valence-corrected chi connectivity index (χ3v) is 5.28. The predicted molar refractivity (Wildman–Crippen MR) is 115 cm³/mol. The van der Waals surface area contributed by atoms with Gasteiger partial charge in [0, 0.05) is 28.4 Å². The second kappa shape index (κ2) is 9.89. The van der Waals surface area contributed by atoms with Crippen molar-refractivity contribution < 1.29 is 14.0 Å². The minimum absolute atomic E-state index is 0.0420. The average Bonchev–Trinajstić information content (AvgIpc) is 2.73. The molecule has 0 bridgehead atoms. The fourth-order valence-electron chi connectivity index (χ4n) is 2.69. The highest BCUT2D eigenvalue weighted by molar-refractivity contribution is 7.99. The van der Waals surface area contributed by atoms with E-state index in [0.29, 0.717) is 17.8 Å². The molecule has 0 aromatic heterocycles. The fourth-order valence-corrected chi connectivity index (χ4v) is 3.47. The molecule has 0 unspecified atom stereocenters. The largest absolute Gasteiger partial charge is 0.351 e. The SMILES string of the molecule is Cc1ccc(C(=O)NCCSc2ccccc2)cc1NC(=O)c1ccccc1F. The first-order valence-corrected chi connectivity index (χ1v) is 10.2. The van der Waals surface area contributed by atoms with Gasteiger partial charge in [0.15, 0.2) is 0 Å². The standard InChI is InChI=1S/C23H21FN2O2S/c1-16-11-12-17(22(27)25-13-14-29-18-7-3-2-4-8-18)15-21(16)26-23(28)19-9-5-6-10-20(19)24/h2-12,15H,13-14H2,1H3,(H,25,27)(H,26,28). The highest BCUT2D eigenvalue weighted by atomic mass is 32.2. The van der Waals surface area contributed by atoms with Crippen molar-refractivity contribution >= 4 is 29.3 Å². The van der Waals surface area contributed by atoms with Gasteiger partial charge in [-0.1, -0.05) is 36.4 Å². The van der Waals surface area contributed by atoms with Gasteiger partial charge in [0.1, 0.15) is 5.82 Å². The van der Waals surface area contributed by atoms with Crippen LogP contribution in [0.25, 0.3) is 0 Å². The molecule has 6 heteroatoms. The molecule has 3 rings (SSSR count). The molecule has 0 saturated heterocycles. The molecule has 29 heavy (non-hydrogen) atoms. The number of anilines is 1. The summed E-state index contributed by atoms with van der Waals surface area (Å²) in [6, 6.07) is 20.8. The molecule has 148 valence electrons. The van der Waals surface area contributed by atoms with Crippen molar-refractivity contribution in [3.05, 3.63) is 95.3 Å². The van der Waals surface area contributed by atoms with Crippen LogP contribution in [0.2, 0.25) is 0 Å². The van der Waals surface area contributed by atoms with E-state index in [4.69, 9.17) is 0 Å². The molecule has 4 nitrogen and oxygen atoms in total. The zero-order valence-electron chi connectivity index (χ0n) is 15.9. The summed E-state index contributed by atoms with van der Waals surface area (Å²) in [7, 11) is 0. The maximum atomic E-state index is 13.8. The van der Waals surface area contributed by atoms with Gasteiger partial charge in [0.2, 0.25) is 0 Å². The van der Waals surface area contributed by atoms with E-state index >= 15 is 0 Å². The molecule has 0 atom stereocenters. The Labute approximate surface area is 173 Å². The monoisotopic (exact) mass is 408 g/mol. The number of thioether (sulfide) groups is 1. The Bertz CT molecular complexity index is 1010. The van der Waals surface area contributed by atoms with Crippen LogP contribution in [0.15, 0.2) is 77.7 Å². The van der Waals surface area contributed by atoms with Gasteiger partial charge >= 0.3 is 0 Å². The molecule has 0 saturated carbocycles. The smallest absolute Gasteiger partial charge is 0.258 e. The highest BCUT2D eigenvalue weighted by Crippen LogP contribution is 2.19. The zero-order chi connectivity index (χ0) is 20.6. The Hall–Kier alpha value is -3.12. The van der Waals surface area contributed by atoms with Crippen molar-refractivity contribution in [2.45, 2.75) is 11.8 Å². The summed E-state index contributed by atoms with van der Waals surface area (Å²) in [4.78, 5) is 25.9. The minimum atomic E-state index is -0.590. The van der Waals surface area contributed by atoms with Crippen molar-refractivity contribution in [2.75, 3.05) is 17.6 Å². The molecule has 0 aliphatic rings. The maximum Gasteiger partial charge on any atom is 0.258 e. The Balaban J connectivity index is 1.60. The van der Waals surface area contributed by atoms with Gasteiger partial charge in [0.25, 0.3) is 11.8 Å². The number of nitrogens with one attached hydrogen (secondary N) is 2. The van der Waals surface area contributed by atoms with Crippen LogP contribution in [-0.2, 0) is 0 Å². The molecular formula is C23H21FN2O2S. The van der Waals surface area contributed by atoms with Gasteiger partial charge in [0.05, 0.1) is 5.56 Å². The molecular weight excluding hydrogens is 387 g/mol. The Morgan fingerprint density at radius 1 is 0.931 bits per heavy atom. The number of halogens is 1. The van der Waals surface area contributed by atoms with Gasteiger partial charge in [-0.3, -0.25) is 9.59 Å². The number of hydrogen-bond donors (Lipinski definition) is 2. The Morgan fingerprint density at radius 3 is 2.41 bits per heavy atom. The molecule has 3 aromatic rings. The topological polar surface area (TPSA) is 58.2 Å². The number of hydrogen-bond acceptors (Lipinski definition) is 3. The molecule has 3 aromatic carbocycles. The van der Waals surface area contributed by atoms with E-state index in [0.717, 1.165) is 16.2 Å². The lowest BCUT2D eigenvalue weighted by atomic mass is 10.1. The summed E-state index contributed by atoms with van der Waals surface area (Å²) in [6.45, 7) is 2.33. The molecule has 0 spiro atoms. The molecule has 2 amide bonds. The number of rotatable bonds is 7.